The number of pyridine rings is 1. The second kappa shape index (κ2) is 9.00. The van der Waals surface area contributed by atoms with Gasteiger partial charge in [0.1, 0.15) is 0 Å². The number of anilines is 3. The molecule has 2 aromatic heterocycles. The standard InChI is InChI=1S/C23H20N6O2/c1-15-6-2-4-8-18(15)26-23-28-20(27-22(24)29-23)14-31-21(30)13-12-17-11-10-16-7-3-5-9-19(16)25-17/h2-13H,14H2,1H3,(H3,24,26,27,28,29). The van der Waals surface area contributed by atoms with Crippen LogP contribution in [0.5, 0.6) is 0 Å². The summed E-state index contributed by atoms with van der Waals surface area (Å²) >= 11 is 0. The minimum Gasteiger partial charge on any atom is -0.454 e. The van der Waals surface area contributed by atoms with Crippen molar-refractivity contribution >= 4 is 40.5 Å². The number of nitrogen functional groups attached to an aromatic ring is 1. The van der Waals surface area contributed by atoms with Crippen molar-refractivity contribution < 1.29 is 9.53 Å². The molecule has 0 unspecified atom stereocenters. The van der Waals surface area contributed by atoms with Crippen molar-refractivity contribution in [2.75, 3.05) is 11.1 Å². The molecule has 154 valence electrons. The monoisotopic (exact) mass is 412 g/mol. The summed E-state index contributed by atoms with van der Waals surface area (Å²) in [6, 6.07) is 19.3. The summed E-state index contributed by atoms with van der Waals surface area (Å²) in [7, 11) is 0. The number of hydrogen-bond acceptors (Lipinski definition) is 8. The van der Waals surface area contributed by atoms with E-state index in [0.717, 1.165) is 22.2 Å². The van der Waals surface area contributed by atoms with E-state index in [9.17, 15) is 4.79 Å². The number of ether oxygens (including phenoxy) is 1. The summed E-state index contributed by atoms with van der Waals surface area (Å²) in [5.41, 5.74) is 9.16. The number of nitrogens with one attached hydrogen (secondary N) is 1. The molecule has 0 bridgehead atoms. The smallest absolute Gasteiger partial charge is 0.331 e. The Bertz CT molecular complexity index is 1270. The van der Waals surface area contributed by atoms with Crippen LogP contribution < -0.4 is 11.1 Å². The predicted octanol–water partition coefficient (Wildman–Crippen LogP) is 3.81. The van der Waals surface area contributed by atoms with Crippen molar-refractivity contribution in [2.24, 2.45) is 0 Å². The third kappa shape index (κ3) is 5.18. The Balaban J connectivity index is 1.40. The van der Waals surface area contributed by atoms with Crippen molar-refractivity contribution in [3.8, 4) is 0 Å². The minimum atomic E-state index is -0.539. The van der Waals surface area contributed by atoms with E-state index in [1.165, 1.54) is 6.08 Å². The highest BCUT2D eigenvalue weighted by Crippen LogP contribution is 2.18. The molecule has 8 heteroatoms. The number of aryl methyl sites for hydroxylation is 1. The molecule has 0 fully saturated rings. The Hall–Kier alpha value is -4.33. The number of nitrogens with two attached hydrogens (primary N) is 1. The van der Waals surface area contributed by atoms with Gasteiger partial charge in [-0.25, -0.2) is 9.78 Å². The van der Waals surface area contributed by atoms with Gasteiger partial charge < -0.3 is 15.8 Å². The van der Waals surface area contributed by atoms with Gasteiger partial charge in [-0.05, 0) is 36.8 Å². The fourth-order valence-corrected chi connectivity index (χ4v) is 2.90. The van der Waals surface area contributed by atoms with Crippen LogP contribution in [0.15, 0.2) is 66.7 Å². The van der Waals surface area contributed by atoms with Gasteiger partial charge in [0.05, 0.1) is 11.2 Å². The Morgan fingerprint density at radius 3 is 2.68 bits per heavy atom. The summed E-state index contributed by atoms with van der Waals surface area (Å²) in [5.74, 6) is 0.0216. The summed E-state index contributed by atoms with van der Waals surface area (Å²) in [5, 5.41) is 4.13. The average molecular weight is 412 g/mol. The topological polar surface area (TPSA) is 116 Å². The van der Waals surface area contributed by atoms with Crippen LogP contribution in [-0.2, 0) is 16.1 Å². The van der Waals surface area contributed by atoms with E-state index in [0.29, 0.717) is 5.69 Å². The molecule has 0 spiro atoms. The van der Waals surface area contributed by atoms with Crippen molar-refractivity contribution in [3.63, 3.8) is 0 Å². The lowest BCUT2D eigenvalue weighted by atomic mass is 10.2. The Kier molecular flexibility index (Phi) is 5.79. The van der Waals surface area contributed by atoms with Gasteiger partial charge in [0, 0.05) is 17.1 Å². The third-order valence-electron chi connectivity index (χ3n) is 4.44. The van der Waals surface area contributed by atoms with E-state index < -0.39 is 5.97 Å². The second-order valence-corrected chi connectivity index (χ2v) is 6.74. The van der Waals surface area contributed by atoms with Gasteiger partial charge in [-0.1, -0.05) is 42.5 Å². The Labute approximate surface area is 178 Å². The molecule has 2 heterocycles. The van der Waals surface area contributed by atoms with Gasteiger partial charge in [0.2, 0.25) is 11.9 Å². The average Bonchev–Trinajstić information content (AvgIpc) is 2.77. The number of carbonyl (C=O) groups is 1. The van der Waals surface area contributed by atoms with Crippen LogP contribution in [0.2, 0.25) is 0 Å². The Morgan fingerprint density at radius 2 is 1.81 bits per heavy atom. The SMILES string of the molecule is Cc1ccccc1Nc1nc(N)nc(COC(=O)C=Cc2ccc3ccccc3n2)n1. The van der Waals surface area contributed by atoms with Gasteiger partial charge in [-0.15, -0.1) is 0 Å². The summed E-state index contributed by atoms with van der Waals surface area (Å²) in [6.45, 7) is 1.83. The summed E-state index contributed by atoms with van der Waals surface area (Å²) in [4.78, 5) is 29.0. The van der Waals surface area contributed by atoms with Crippen LogP contribution in [0.25, 0.3) is 17.0 Å². The molecule has 0 saturated heterocycles. The molecule has 0 amide bonds. The summed E-state index contributed by atoms with van der Waals surface area (Å²) in [6.07, 6.45) is 2.91. The zero-order chi connectivity index (χ0) is 21.6. The number of fused-ring (bicyclic) bond motifs is 1. The fourth-order valence-electron chi connectivity index (χ4n) is 2.90. The first-order valence-corrected chi connectivity index (χ1v) is 9.60. The van der Waals surface area contributed by atoms with E-state index in [-0.39, 0.29) is 24.3 Å². The van der Waals surface area contributed by atoms with Gasteiger partial charge in [-0.2, -0.15) is 15.0 Å². The lowest BCUT2D eigenvalue weighted by Crippen LogP contribution is -2.10. The van der Waals surface area contributed by atoms with Crippen LogP contribution >= 0.6 is 0 Å². The van der Waals surface area contributed by atoms with E-state index in [1.54, 1.807) is 6.08 Å². The highest BCUT2D eigenvalue weighted by Gasteiger charge is 2.08. The number of esters is 1. The lowest BCUT2D eigenvalue weighted by Gasteiger charge is -2.09. The van der Waals surface area contributed by atoms with E-state index in [4.69, 9.17) is 10.5 Å². The van der Waals surface area contributed by atoms with E-state index in [2.05, 4.69) is 25.3 Å². The first-order valence-electron chi connectivity index (χ1n) is 9.60. The molecule has 8 nitrogen and oxygen atoms in total. The van der Waals surface area contributed by atoms with Gasteiger partial charge in [0.25, 0.3) is 0 Å². The molecular formula is C23H20N6O2. The van der Waals surface area contributed by atoms with Crippen molar-refractivity contribution in [1.29, 1.82) is 0 Å². The highest BCUT2D eigenvalue weighted by atomic mass is 16.5. The van der Waals surface area contributed by atoms with Crippen molar-refractivity contribution in [3.05, 3.63) is 83.8 Å². The number of benzene rings is 2. The zero-order valence-corrected chi connectivity index (χ0v) is 16.8. The molecule has 0 aliphatic carbocycles. The van der Waals surface area contributed by atoms with Crippen LogP contribution in [0.3, 0.4) is 0 Å². The molecular weight excluding hydrogens is 392 g/mol. The highest BCUT2D eigenvalue weighted by molar-refractivity contribution is 5.87. The fraction of sp³-hybridized carbons (Fsp3) is 0.0870. The molecule has 2 aromatic carbocycles. The lowest BCUT2D eigenvalue weighted by molar-refractivity contribution is -0.139. The van der Waals surface area contributed by atoms with Crippen molar-refractivity contribution in [1.82, 2.24) is 19.9 Å². The van der Waals surface area contributed by atoms with Crippen LogP contribution in [0.1, 0.15) is 17.1 Å². The van der Waals surface area contributed by atoms with Crippen LogP contribution in [0.4, 0.5) is 17.6 Å². The molecule has 0 aliphatic rings. The molecule has 0 atom stereocenters. The number of para-hydroxylation sites is 2. The summed E-state index contributed by atoms with van der Waals surface area (Å²) < 4.78 is 5.23. The van der Waals surface area contributed by atoms with E-state index in [1.807, 2.05) is 67.6 Å². The number of aromatic nitrogens is 4. The van der Waals surface area contributed by atoms with Gasteiger partial charge >= 0.3 is 5.97 Å². The normalized spacial score (nSPS) is 11.0. The molecule has 3 N–H and O–H groups in total. The molecule has 0 saturated carbocycles. The van der Waals surface area contributed by atoms with Crippen LogP contribution in [-0.4, -0.2) is 25.9 Å². The number of rotatable bonds is 6. The number of carbonyl (C=O) groups excluding carboxylic acids is 1. The quantitative estimate of drug-likeness (QED) is 0.363. The second-order valence-electron chi connectivity index (χ2n) is 6.74. The zero-order valence-electron chi connectivity index (χ0n) is 16.8. The molecule has 4 rings (SSSR count). The van der Waals surface area contributed by atoms with Crippen LogP contribution in [0, 0.1) is 6.92 Å². The largest absolute Gasteiger partial charge is 0.454 e. The maximum Gasteiger partial charge on any atom is 0.331 e. The maximum atomic E-state index is 12.1. The molecule has 4 aromatic rings. The first kappa shape index (κ1) is 20.0. The molecule has 0 radical (unpaired) electrons. The molecule has 0 aliphatic heterocycles. The minimum absolute atomic E-state index is 0.0352. The maximum absolute atomic E-state index is 12.1. The number of nitrogens with zero attached hydrogens (tertiary/aromatic N) is 4. The predicted molar refractivity (Wildman–Crippen MR) is 119 cm³/mol. The van der Waals surface area contributed by atoms with Crippen molar-refractivity contribution in [2.45, 2.75) is 13.5 Å². The van der Waals surface area contributed by atoms with Gasteiger partial charge in [0.15, 0.2) is 12.4 Å². The Morgan fingerprint density at radius 1 is 1.00 bits per heavy atom. The van der Waals surface area contributed by atoms with E-state index >= 15 is 0 Å². The number of hydrogen-bond donors (Lipinski definition) is 2. The van der Waals surface area contributed by atoms with Gasteiger partial charge in [-0.3, -0.25) is 0 Å². The first-order chi connectivity index (χ1) is 15.1. The third-order valence-corrected chi connectivity index (χ3v) is 4.44. The molecule has 31 heavy (non-hydrogen) atoms.